The van der Waals surface area contributed by atoms with E-state index in [2.05, 4.69) is 9.71 Å². The predicted molar refractivity (Wildman–Crippen MR) is 105 cm³/mol. The van der Waals surface area contributed by atoms with Crippen molar-refractivity contribution in [2.24, 2.45) is 0 Å². The number of phenolic OH excluding ortho intramolecular Hbond substituents is 1. The normalized spacial score (nSPS) is 11.5. The first-order chi connectivity index (χ1) is 12.5. The summed E-state index contributed by atoms with van der Waals surface area (Å²) in [4.78, 5) is 4.45. The van der Waals surface area contributed by atoms with Gasteiger partial charge in [-0.1, -0.05) is 30.3 Å². The Bertz CT molecular complexity index is 936. The molecule has 0 amide bonds. The molecular formula is C19H20N2O3S2. The van der Waals surface area contributed by atoms with Crippen LogP contribution in [0.1, 0.15) is 17.0 Å². The molecule has 0 saturated carbocycles. The van der Waals surface area contributed by atoms with E-state index in [1.807, 2.05) is 35.7 Å². The topological polar surface area (TPSA) is 79.3 Å². The Morgan fingerprint density at radius 2 is 1.77 bits per heavy atom. The van der Waals surface area contributed by atoms with Gasteiger partial charge in [0.1, 0.15) is 10.8 Å². The molecule has 26 heavy (non-hydrogen) atoms. The largest absolute Gasteiger partial charge is 0.508 e. The van der Waals surface area contributed by atoms with Gasteiger partial charge in [0.15, 0.2) is 0 Å². The predicted octanol–water partition coefficient (Wildman–Crippen LogP) is 3.57. The highest BCUT2D eigenvalue weighted by molar-refractivity contribution is 7.89. The van der Waals surface area contributed by atoms with Crippen molar-refractivity contribution >= 4 is 21.4 Å². The van der Waals surface area contributed by atoms with Gasteiger partial charge in [0.05, 0.1) is 18.0 Å². The third kappa shape index (κ3) is 5.39. The Balaban J connectivity index is 1.50. The minimum absolute atomic E-state index is 0.0953. The van der Waals surface area contributed by atoms with E-state index < -0.39 is 10.0 Å². The molecule has 0 bridgehead atoms. The minimum Gasteiger partial charge on any atom is -0.508 e. The van der Waals surface area contributed by atoms with Crippen LogP contribution in [0.25, 0.3) is 11.3 Å². The minimum atomic E-state index is -3.33. The zero-order valence-electron chi connectivity index (χ0n) is 14.1. The summed E-state index contributed by atoms with van der Waals surface area (Å²) < 4.78 is 26.9. The molecule has 3 aromatic rings. The van der Waals surface area contributed by atoms with Gasteiger partial charge in [-0.2, -0.15) is 0 Å². The summed E-state index contributed by atoms with van der Waals surface area (Å²) in [5.74, 6) is 0.297. The summed E-state index contributed by atoms with van der Waals surface area (Å²) in [5.41, 5.74) is 2.80. The molecule has 0 aliphatic carbocycles. The number of aromatic nitrogens is 1. The van der Waals surface area contributed by atoms with E-state index in [1.54, 1.807) is 24.3 Å². The van der Waals surface area contributed by atoms with Crippen molar-refractivity contribution in [2.75, 3.05) is 5.75 Å². The Hall–Kier alpha value is -2.22. The number of thiazole rings is 1. The van der Waals surface area contributed by atoms with E-state index in [1.165, 1.54) is 11.3 Å². The van der Waals surface area contributed by atoms with Crippen LogP contribution in [0.15, 0.2) is 60.0 Å². The van der Waals surface area contributed by atoms with Crippen LogP contribution in [0.5, 0.6) is 5.75 Å². The van der Waals surface area contributed by atoms with Crippen molar-refractivity contribution in [1.82, 2.24) is 9.71 Å². The molecule has 7 heteroatoms. The number of nitrogens with one attached hydrogen (secondary N) is 1. The first-order valence-corrected chi connectivity index (χ1v) is 10.8. The second-order valence-electron chi connectivity index (χ2n) is 5.90. The smallest absolute Gasteiger partial charge is 0.211 e. The van der Waals surface area contributed by atoms with Gasteiger partial charge in [-0.15, -0.1) is 11.3 Å². The van der Waals surface area contributed by atoms with Gasteiger partial charge >= 0.3 is 0 Å². The maximum absolute atomic E-state index is 12.1. The van der Waals surface area contributed by atoms with Gasteiger partial charge in [0.25, 0.3) is 0 Å². The fourth-order valence-electron chi connectivity index (χ4n) is 2.51. The van der Waals surface area contributed by atoms with Gasteiger partial charge < -0.3 is 5.11 Å². The van der Waals surface area contributed by atoms with E-state index in [0.29, 0.717) is 11.4 Å². The van der Waals surface area contributed by atoms with E-state index in [-0.39, 0.29) is 18.0 Å². The molecule has 3 rings (SSSR count). The summed E-state index contributed by atoms with van der Waals surface area (Å²) in [7, 11) is -3.33. The summed E-state index contributed by atoms with van der Waals surface area (Å²) in [6, 6.07) is 16.6. The van der Waals surface area contributed by atoms with Gasteiger partial charge in [-0.25, -0.2) is 18.1 Å². The average Bonchev–Trinajstić information content (AvgIpc) is 3.11. The fraction of sp³-hybridized carbons (Fsp3) is 0.211. The number of aryl methyl sites for hydroxylation is 1. The lowest BCUT2D eigenvalue weighted by Gasteiger charge is -2.05. The summed E-state index contributed by atoms with van der Waals surface area (Å²) >= 11 is 1.41. The SMILES string of the molecule is O=S(=O)(CCCc1ccccc1)NCc1nc(-c2ccc(O)cc2)cs1. The molecule has 0 aliphatic rings. The van der Waals surface area contributed by atoms with Crippen LogP contribution >= 0.6 is 11.3 Å². The molecule has 0 saturated heterocycles. The molecule has 0 unspecified atom stereocenters. The maximum atomic E-state index is 12.1. The van der Waals surface area contributed by atoms with E-state index in [4.69, 9.17) is 0 Å². The molecule has 2 N–H and O–H groups in total. The molecule has 2 aromatic carbocycles. The zero-order valence-corrected chi connectivity index (χ0v) is 15.8. The van der Waals surface area contributed by atoms with Crippen LogP contribution in [0.4, 0.5) is 0 Å². The number of rotatable bonds is 8. The number of hydrogen-bond donors (Lipinski definition) is 2. The third-order valence-corrected chi connectivity index (χ3v) is 6.14. The Labute approximate surface area is 157 Å². The van der Waals surface area contributed by atoms with Crippen LogP contribution < -0.4 is 4.72 Å². The first-order valence-electron chi connectivity index (χ1n) is 8.27. The Morgan fingerprint density at radius 3 is 2.50 bits per heavy atom. The molecule has 136 valence electrons. The lowest BCUT2D eigenvalue weighted by atomic mass is 10.1. The van der Waals surface area contributed by atoms with E-state index in [9.17, 15) is 13.5 Å². The molecular weight excluding hydrogens is 368 g/mol. The van der Waals surface area contributed by atoms with Crippen molar-refractivity contribution in [3.63, 3.8) is 0 Å². The lowest BCUT2D eigenvalue weighted by Crippen LogP contribution is -2.26. The van der Waals surface area contributed by atoms with Crippen molar-refractivity contribution < 1.29 is 13.5 Å². The van der Waals surface area contributed by atoms with Crippen molar-refractivity contribution in [2.45, 2.75) is 19.4 Å². The fourth-order valence-corrected chi connectivity index (χ4v) is 4.37. The van der Waals surface area contributed by atoms with E-state index >= 15 is 0 Å². The van der Waals surface area contributed by atoms with Gasteiger partial charge in [-0.3, -0.25) is 0 Å². The van der Waals surface area contributed by atoms with Gasteiger partial charge in [-0.05, 0) is 42.7 Å². The monoisotopic (exact) mass is 388 g/mol. The summed E-state index contributed by atoms with van der Waals surface area (Å²) in [6.07, 6.45) is 1.32. The molecule has 0 atom stereocenters. The molecule has 1 heterocycles. The second-order valence-corrected chi connectivity index (χ2v) is 8.77. The number of phenols is 1. The molecule has 5 nitrogen and oxygen atoms in total. The molecule has 0 radical (unpaired) electrons. The Morgan fingerprint density at radius 1 is 1.04 bits per heavy atom. The van der Waals surface area contributed by atoms with Crippen LogP contribution in [-0.2, 0) is 23.0 Å². The number of benzene rings is 2. The lowest BCUT2D eigenvalue weighted by molar-refractivity contribution is 0.475. The highest BCUT2D eigenvalue weighted by Gasteiger charge is 2.12. The van der Waals surface area contributed by atoms with Gasteiger partial charge in [0.2, 0.25) is 10.0 Å². The van der Waals surface area contributed by atoms with Crippen LogP contribution in [0, 0.1) is 0 Å². The van der Waals surface area contributed by atoms with Crippen molar-refractivity contribution in [3.05, 3.63) is 70.5 Å². The van der Waals surface area contributed by atoms with Crippen molar-refractivity contribution in [1.29, 1.82) is 0 Å². The van der Waals surface area contributed by atoms with Crippen LogP contribution in [-0.4, -0.2) is 24.3 Å². The average molecular weight is 389 g/mol. The number of nitrogens with zero attached hydrogens (tertiary/aromatic N) is 1. The number of sulfonamides is 1. The van der Waals surface area contributed by atoms with Crippen molar-refractivity contribution in [3.8, 4) is 17.0 Å². The van der Waals surface area contributed by atoms with Crippen LogP contribution in [0.2, 0.25) is 0 Å². The molecule has 0 aliphatic heterocycles. The second kappa shape index (κ2) is 8.44. The zero-order chi connectivity index (χ0) is 18.4. The third-order valence-electron chi connectivity index (χ3n) is 3.88. The highest BCUT2D eigenvalue weighted by atomic mass is 32.2. The maximum Gasteiger partial charge on any atom is 0.211 e. The summed E-state index contributed by atoms with van der Waals surface area (Å²) in [6.45, 7) is 0.191. The quantitative estimate of drug-likeness (QED) is 0.618. The highest BCUT2D eigenvalue weighted by Crippen LogP contribution is 2.23. The van der Waals surface area contributed by atoms with Gasteiger partial charge in [0, 0.05) is 10.9 Å². The standard InChI is InChI=1S/C19H20N2O3S2/c22-17-10-8-16(9-11-17)18-14-25-19(21-18)13-20-26(23,24)12-4-7-15-5-2-1-3-6-15/h1-3,5-6,8-11,14,20,22H,4,7,12-13H2. The number of aromatic hydroxyl groups is 1. The summed E-state index contributed by atoms with van der Waals surface area (Å²) in [5, 5.41) is 11.9. The van der Waals surface area contributed by atoms with Crippen LogP contribution in [0.3, 0.4) is 0 Å². The first kappa shape index (κ1) is 18.6. The molecule has 0 fully saturated rings. The Kier molecular flexibility index (Phi) is 6.03. The van der Waals surface area contributed by atoms with E-state index in [0.717, 1.165) is 23.2 Å². The molecule has 0 spiro atoms. The number of hydrogen-bond acceptors (Lipinski definition) is 5. The molecule has 1 aromatic heterocycles.